The van der Waals surface area contributed by atoms with E-state index in [-0.39, 0.29) is 11.5 Å². The summed E-state index contributed by atoms with van der Waals surface area (Å²) < 4.78 is 40.3. The summed E-state index contributed by atoms with van der Waals surface area (Å²) in [5, 5.41) is 0. The van der Waals surface area contributed by atoms with Crippen molar-refractivity contribution in [2.24, 2.45) is 0 Å². The summed E-state index contributed by atoms with van der Waals surface area (Å²) in [4.78, 5) is 32.8. The molecule has 1 aromatic carbocycles. The average Bonchev–Trinajstić information content (AvgIpc) is 2.82. The van der Waals surface area contributed by atoms with Crippen molar-refractivity contribution < 1.29 is 22.8 Å². The number of piperazine rings is 2. The molecule has 34 heavy (non-hydrogen) atoms. The quantitative estimate of drug-likeness (QED) is 0.528. The van der Waals surface area contributed by atoms with Crippen LogP contribution in [0.3, 0.4) is 0 Å². The van der Waals surface area contributed by atoms with Crippen LogP contribution < -0.4 is 4.90 Å². The first kappa shape index (κ1) is 26.5. The van der Waals surface area contributed by atoms with Gasteiger partial charge in [-0.1, -0.05) is 19.8 Å². The number of rotatable bonds is 8. The van der Waals surface area contributed by atoms with Crippen LogP contribution in [0.4, 0.5) is 18.9 Å². The fraction of sp³-hybridized carbons (Fsp3) is 0.680. The number of nitrogens with zero attached hydrogens (tertiary/aromatic N) is 4. The van der Waals surface area contributed by atoms with Gasteiger partial charge in [-0.25, -0.2) is 0 Å². The minimum absolute atomic E-state index is 0.125. The van der Waals surface area contributed by atoms with Gasteiger partial charge in [0.15, 0.2) is 5.78 Å². The monoisotopic (exact) mass is 482 g/mol. The molecule has 0 saturated carbocycles. The van der Waals surface area contributed by atoms with E-state index in [4.69, 9.17) is 0 Å². The predicted octanol–water partition coefficient (Wildman–Crippen LogP) is 3.75. The molecule has 9 heteroatoms. The summed E-state index contributed by atoms with van der Waals surface area (Å²) in [6.45, 7) is 11.5. The second-order valence-corrected chi connectivity index (χ2v) is 9.46. The second kappa shape index (κ2) is 11.5. The third-order valence-corrected chi connectivity index (χ3v) is 7.05. The molecule has 1 unspecified atom stereocenters. The lowest BCUT2D eigenvalue weighted by Crippen LogP contribution is -2.55. The van der Waals surface area contributed by atoms with Crippen LogP contribution in [-0.2, 0) is 11.0 Å². The number of Topliss-reactive ketones (excluding diaryl/α,β-unsaturated/α-hetero) is 1. The largest absolute Gasteiger partial charge is 0.417 e. The van der Waals surface area contributed by atoms with Crippen molar-refractivity contribution in [2.45, 2.75) is 52.3 Å². The number of hydrogen-bond donors (Lipinski definition) is 0. The van der Waals surface area contributed by atoms with E-state index in [1.165, 1.54) is 25.3 Å². The Hall–Kier alpha value is -2.13. The van der Waals surface area contributed by atoms with Crippen molar-refractivity contribution in [1.29, 1.82) is 0 Å². The van der Waals surface area contributed by atoms with Gasteiger partial charge in [-0.3, -0.25) is 19.4 Å². The maximum absolute atomic E-state index is 13.4. The van der Waals surface area contributed by atoms with Gasteiger partial charge in [0.05, 0.1) is 12.1 Å². The molecule has 0 aromatic heterocycles. The molecule has 2 fully saturated rings. The zero-order valence-corrected chi connectivity index (χ0v) is 20.5. The smallest absolute Gasteiger partial charge is 0.369 e. The first-order valence-electron chi connectivity index (χ1n) is 12.3. The highest BCUT2D eigenvalue weighted by atomic mass is 19.4. The fourth-order valence-electron chi connectivity index (χ4n) is 4.82. The van der Waals surface area contributed by atoms with Gasteiger partial charge in [0.25, 0.3) is 0 Å². The number of ketones is 1. The molecular formula is C25H37F3N4O2. The molecule has 0 aliphatic carbocycles. The highest BCUT2D eigenvalue weighted by molar-refractivity contribution is 5.96. The predicted molar refractivity (Wildman–Crippen MR) is 127 cm³/mol. The van der Waals surface area contributed by atoms with Crippen LogP contribution in [0.2, 0.25) is 0 Å². The Balaban J connectivity index is 1.49. The van der Waals surface area contributed by atoms with Crippen LogP contribution in [0.1, 0.15) is 56.0 Å². The van der Waals surface area contributed by atoms with Gasteiger partial charge in [-0.2, -0.15) is 13.2 Å². The number of benzene rings is 1. The fourth-order valence-corrected chi connectivity index (χ4v) is 4.82. The van der Waals surface area contributed by atoms with Crippen molar-refractivity contribution in [2.75, 3.05) is 63.8 Å². The van der Waals surface area contributed by atoms with Crippen molar-refractivity contribution in [3.8, 4) is 0 Å². The summed E-state index contributed by atoms with van der Waals surface area (Å²) in [5.41, 5.74) is -0.741. The number of unbranched alkanes of at least 4 members (excludes halogenated alkanes) is 1. The van der Waals surface area contributed by atoms with E-state index in [1.54, 1.807) is 6.07 Å². The topological polar surface area (TPSA) is 47.1 Å². The Morgan fingerprint density at radius 1 is 1.00 bits per heavy atom. The highest BCUT2D eigenvalue weighted by Gasteiger charge is 2.35. The number of halogens is 3. The minimum Gasteiger partial charge on any atom is -0.369 e. The Morgan fingerprint density at radius 2 is 1.65 bits per heavy atom. The average molecular weight is 483 g/mol. The Bertz CT molecular complexity index is 845. The van der Waals surface area contributed by atoms with Crippen LogP contribution in [-0.4, -0.2) is 91.3 Å². The standard InChI is InChI=1S/C25H37F3N4O2/c1-4-5-6-19(2)30-13-15-32(16-14-30)24(34)18-29-9-11-31(12-10-29)21-7-8-22(20(3)33)23(17-21)25(26,27)28/h7-8,17,19H,4-6,9-16,18H2,1-3H3. The molecule has 2 aliphatic heterocycles. The number of carbonyl (C=O) groups excluding carboxylic acids is 2. The summed E-state index contributed by atoms with van der Waals surface area (Å²) in [6.07, 6.45) is -0.965. The molecule has 2 aliphatic rings. The number of carbonyl (C=O) groups is 2. The maximum Gasteiger partial charge on any atom is 0.417 e. The van der Waals surface area contributed by atoms with E-state index in [0.29, 0.717) is 44.5 Å². The van der Waals surface area contributed by atoms with Crippen LogP contribution in [0.5, 0.6) is 0 Å². The lowest BCUT2D eigenvalue weighted by molar-refractivity contribution is -0.138. The van der Waals surface area contributed by atoms with Gasteiger partial charge in [-0.05, 0) is 38.5 Å². The summed E-state index contributed by atoms with van der Waals surface area (Å²) in [7, 11) is 0. The molecule has 2 saturated heterocycles. The first-order chi connectivity index (χ1) is 16.1. The molecule has 0 N–H and O–H groups in total. The van der Waals surface area contributed by atoms with Crippen LogP contribution in [0.25, 0.3) is 0 Å². The number of hydrogen-bond acceptors (Lipinski definition) is 5. The SMILES string of the molecule is CCCCC(C)N1CCN(C(=O)CN2CCN(c3ccc(C(C)=O)c(C(F)(F)F)c3)CC2)CC1. The van der Waals surface area contributed by atoms with E-state index in [1.807, 2.05) is 9.80 Å². The maximum atomic E-state index is 13.4. The summed E-state index contributed by atoms with van der Waals surface area (Å²) in [6, 6.07) is 4.46. The Kier molecular flexibility index (Phi) is 8.98. The molecule has 3 rings (SSSR count). The first-order valence-corrected chi connectivity index (χ1v) is 12.3. The molecule has 1 atom stereocenters. The minimum atomic E-state index is -4.58. The van der Waals surface area contributed by atoms with E-state index in [9.17, 15) is 22.8 Å². The second-order valence-electron chi connectivity index (χ2n) is 9.46. The molecular weight excluding hydrogens is 445 g/mol. The molecule has 6 nitrogen and oxygen atoms in total. The van der Waals surface area contributed by atoms with E-state index < -0.39 is 17.5 Å². The van der Waals surface area contributed by atoms with Crippen molar-refractivity contribution in [3.05, 3.63) is 29.3 Å². The van der Waals surface area contributed by atoms with Crippen LogP contribution in [0.15, 0.2) is 18.2 Å². The summed E-state index contributed by atoms with van der Waals surface area (Å²) in [5.74, 6) is -0.474. The Labute approximate surface area is 200 Å². The van der Waals surface area contributed by atoms with Gasteiger partial charge in [0.1, 0.15) is 0 Å². The van der Waals surface area contributed by atoms with E-state index >= 15 is 0 Å². The van der Waals surface area contributed by atoms with Crippen LogP contribution in [0, 0.1) is 0 Å². The van der Waals surface area contributed by atoms with E-state index in [2.05, 4.69) is 23.6 Å². The van der Waals surface area contributed by atoms with E-state index in [0.717, 1.165) is 39.2 Å². The molecule has 1 amide bonds. The third kappa shape index (κ3) is 6.72. The summed E-state index contributed by atoms with van der Waals surface area (Å²) >= 11 is 0. The van der Waals surface area contributed by atoms with Gasteiger partial charge >= 0.3 is 6.18 Å². The molecule has 190 valence electrons. The molecule has 0 spiro atoms. The lowest BCUT2D eigenvalue weighted by Gasteiger charge is -2.40. The number of alkyl halides is 3. The molecule has 2 heterocycles. The third-order valence-electron chi connectivity index (χ3n) is 7.05. The molecule has 0 radical (unpaired) electrons. The number of anilines is 1. The van der Waals surface area contributed by atoms with Gasteiger partial charge in [0, 0.05) is 69.7 Å². The molecule has 1 aromatic rings. The lowest BCUT2D eigenvalue weighted by atomic mass is 10.0. The van der Waals surface area contributed by atoms with Gasteiger partial charge in [-0.15, -0.1) is 0 Å². The van der Waals surface area contributed by atoms with Gasteiger partial charge in [0.2, 0.25) is 5.91 Å². The van der Waals surface area contributed by atoms with Crippen molar-refractivity contribution in [1.82, 2.24) is 14.7 Å². The van der Waals surface area contributed by atoms with Crippen molar-refractivity contribution >= 4 is 17.4 Å². The zero-order chi connectivity index (χ0) is 24.9. The molecule has 0 bridgehead atoms. The normalized spacial score (nSPS) is 19.4. The van der Waals surface area contributed by atoms with Crippen molar-refractivity contribution in [3.63, 3.8) is 0 Å². The highest BCUT2D eigenvalue weighted by Crippen LogP contribution is 2.35. The zero-order valence-electron chi connectivity index (χ0n) is 20.5. The van der Waals surface area contributed by atoms with Gasteiger partial charge < -0.3 is 9.80 Å². The van der Waals surface area contributed by atoms with Crippen LogP contribution >= 0.6 is 0 Å². The Morgan fingerprint density at radius 3 is 2.21 bits per heavy atom. The number of amides is 1.